The first-order valence-electron chi connectivity index (χ1n) is 37.3. The highest BCUT2D eigenvalue weighted by atomic mass is 31.2. The fraction of sp³-hybridized carbons (Fsp3) is 0.890. The van der Waals surface area contributed by atoms with E-state index in [1.54, 1.807) is 0 Å². The number of unbranched alkanes of at least 4 members (excludes halogenated alkanes) is 37. The molecule has 0 aliphatic heterocycles. The number of aliphatic hydroxyl groups is 1. The van der Waals surface area contributed by atoms with Gasteiger partial charge in [0.1, 0.15) is 19.3 Å². The number of aliphatic hydroxyl groups excluding tert-OH is 1. The summed E-state index contributed by atoms with van der Waals surface area (Å²) in [5, 5.41) is 10.6. The molecule has 0 bridgehead atoms. The zero-order chi connectivity index (χ0) is 67.9. The van der Waals surface area contributed by atoms with E-state index in [-0.39, 0.29) is 25.7 Å². The van der Waals surface area contributed by atoms with Crippen molar-refractivity contribution < 1.29 is 80.2 Å². The highest BCUT2D eigenvalue weighted by Gasteiger charge is 2.30. The van der Waals surface area contributed by atoms with Crippen LogP contribution in [0.3, 0.4) is 0 Å². The summed E-state index contributed by atoms with van der Waals surface area (Å²) in [6.07, 6.45) is 53.6. The molecule has 17 nitrogen and oxygen atoms in total. The van der Waals surface area contributed by atoms with Crippen molar-refractivity contribution in [2.24, 2.45) is 11.8 Å². The van der Waals surface area contributed by atoms with Gasteiger partial charge in [0.05, 0.1) is 26.4 Å². The predicted molar refractivity (Wildman–Crippen MR) is 372 cm³/mol. The van der Waals surface area contributed by atoms with Crippen molar-refractivity contribution in [3.8, 4) is 0 Å². The molecule has 0 aromatic rings. The van der Waals surface area contributed by atoms with Gasteiger partial charge < -0.3 is 33.8 Å². The van der Waals surface area contributed by atoms with E-state index in [4.69, 9.17) is 37.0 Å². The Morgan fingerprint density at radius 3 is 0.891 bits per heavy atom. The molecule has 0 spiro atoms. The topological polar surface area (TPSA) is 237 Å². The summed E-state index contributed by atoms with van der Waals surface area (Å²) in [6.45, 7) is 9.44. The van der Waals surface area contributed by atoms with E-state index >= 15 is 0 Å². The molecule has 5 atom stereocenters. The van der Waals surface area contributed by atoms with Crippen molar-refractivity contribution in [2.45, 2.75) is 368 Å². The van der Waals surface area contributed by atoms with Crippen molar-refractivity contribution in [3.63, 3.8) is 0 Å². The molecule has 0 aliphatic rings. The largest absolute Gasteiger partial charge is 0.472 e. The fourth-order valence-electron chi connectivity index (χ4n) is 10.6. The zero-order valence-electron chi connectivity index (χ0n) is 59.3. The number of carbonyl (C=O) groups excluding carboxylic acids is 4. The van der Waals surface area contributed by atoms with Crippen LogP contribution in [0.4, 0.5) is 0 Å². The van der Waals surface area contributed by atoms with Crippen LogP contribution in [0.15, 0.2) is 24.3 Å². The van der Waals surface area contributed by atoms with Gasteiger partial charge in [-0.2, -0.15) is 0 Å². The lowest BCUT2D eigenvalue weighted by Gasteiger charge is -2.21. The Morgan fingerprint density at radius 2 is 0.587 bits per heavy atom. The van der Waals surface area contributed by atoms with E-state index in [1.165, 1.54) is 141 Å². The molecule has 92 heavy (non-hydrogen) atoms. The summed E-state index contributed by atoms with van der Waals surface area (Å²) in [4.78, 5) is 72.6. The SMILES string of the molecule is CCCCCC/C=C\C=C/CCCCCCCC(=O)OC[C@H](COP(=O)(O)OC[C@@H](O)COP(=O)(O)OC[C@@H](COC(=O)CCCCCCCCC(C)C)OC(=O)CCCCCCCCCCCCC)OC(=O)CCCCCCCCCCCCCCCCC(C)C. The van der Waals surface area contributed by atoms with Crippen molar-refractivity contribution in [2.75, 3.05) is 39.6 Å². The van der Waals surface area contributed by atoms with E-state index in [2.05, 4.69) is 65.8 Å². The monoisotopic (exact) mass is 1350 g/mol. The van der Waals surface area contributed by atoms with Gasteiger partial charge in [0.2, 0.25) is 0 Å². The number of esters is 4. The van der Waals surface area contributed by atoms with Crippen LogP contribution >= 0.6 is 15.6 Å². The normalized spacial score (nSPS) is 14.2. The Morgan fingerprint density at radius 1 is 0.337 bits per heavy atom. The molecule has 0 rings (SSSR count). The van der Waals surface area contributed by atoms with Gasteiger partial charge in [-0.1, -0.05) is 297 Å². The smallest absolute Gasteiger partial charge is 0.462 e. The van der Waals surface area contributed by atoms with E-state index in [9.17, 15) is 43.2 Å². The summed E-state index contributed by atoms with van der Waals surface area (Å²) in [5.41, 5.74) is 0. The summed E-state index contributed by atoms with van der Waals surface area (Å²) >= 11 is 0. The molecule has 0 fully saturated rings. The first-order valence-corrected chi connectivity index (χ1v) is 40.3. The lowest BCUT2D eigenvalue weighted by molar-refractivity contribution is -0.161. The Bertz CT molecular complexity index is 1880. The molecule has 0 radical (unpaired) electrons. The molecular weight excluding hydrogens is 1210 g/mol. The van der Waals surface area contributed by atoms with E-state index < -0.39 is 97.5 Å². The number of hydrogen-bond acceptors (Lipinski definition) is 15. The van der Waals surface area contributed by atoms with Crippen LogP contribution in [0.5, 0.6) is 0 Å². The molecule has 19 heteroatoms. The molecule has 0 aliphatic carbocycles. The van der Waals surface area contributed by atoms with Gasteiger partial charge >= 0.3 is 39.5 Å². The molecule has 2 unspecified atom stereocenters. The first kappa shape index (κ1) is 89.5. The Kier molecular flexibility index (Phi) is 62.8. The molecule has 0 saturated heterocycles. The Labute approximate surface area is 561 Å². The molecule has 0 aromatic carbocycles. The van der Waals surface area contributed by atoms with E-state index in [0.717, 1.165) is 121 Å². The first-order chi connectivity index (χ1) is 44.4. The minimum atomic E-state index is -4.96. The lowest BCUT2D eigenvalue weighted by Crippen LogP contribution is -2.30. The van der Waals surface area contributed by atoms with Gasteiger partial charge in [0.15, 0.2) is 12.2 Å². The van der Waals surface area contributed by atoms with Gasteiger partial charge in [-0.05, 0) is 63.2 Å². The van der Waals surface area contributed by atoms with Gasteiger partial charge in [-0.15, -0.1) is 0 Å². The standard InChI is InChI=1S/C73H138O17P2/c1-7-9-11-13-15-17-19-20-21-25-29-32-36-43-49-55-70(75)83-61-68(89-73(78)58-52-46-38-34-30-26-23-22-24-28-31-35-41-47-53-65(3)4)63-87-91(79,80)85-59-67(74)60-86-92(81,82)88-64-69(62-84-71(76)56-50-44-40-39-42-48-54-66(5)6)90-72(77)57-51-45-37-33-27-18-16-14-12-10-8-2/h17,19-21,65-69,74H,7-16,18,22-64H2,1-6H3,(H,79,80)(H,81,82)/b19-17-,21-20-/t67-,68-,69-/m1/s1. The molecular formula is C73H138O17P2. The van der Waals surface area contributed by atoms with Gasteiger partial charge in [0, 0.05) is 25.7 Å². The summed E-state index contributed by atoms with van der Waals surface area (Å²) in [6, 6.07) is 0. The lowest BCUT2D eigenvalue weighted by atomic mass is 10.0. The van der Waals surface area contributed by atoms with Crippen molar-refractivity contribution in [1.29, 1.82) is 0 Å². The molecule has 0 aromatic heterocycles. The summed E-state index contributed by atoms with van der Waals surface area (Å²) in [5.74, 6) is -0.681. The zero-order valence-corrected chi connectivity index (χ0v) is 61.1. The third-order valence-electron chi connectivity index (χ3n) is 16.3. The van der Waals surface area contributed by atoms with Crippen LogP contribution < -0.4 is 0 Å². The Balaban J connectivity index is 5.27. The summed E-state index contributed by atoms with van der Waals surface area (Å²) in [7, 11) is -9.91. The fourth-order valence-corrected chi connectivity index (χ4v) is 12.2. The minimum absolute atomic E-state index is 0.100. The number of ether oxygens (including phenoxy) is 4. The number of allylic oxidation sites excluding steroid dienone is 4. The van der Waals surface area contributed by atoms with Crippen LogP contribution in [0.2, 0.25) is 0 Å². The number of hydrogen-bond donors (Lipinski definition) is 3. The van der Waals surface area contributed by atoms with Crippen molar-refractivity contribution in [1.82, 2.24) is 0 Å². The average Bonchev–Trinajstić information content (AvgIpc) is 3.57. The molecule has 0 saturated carbocycles. The van der Waals surface area contributed by atoms with Crippen LogP contribution in [-0.4, -0.2) is 96.7 Å². The highest BCUT2D eigenvalue weighted by molar-refractivity contribution is 7.47. The minimum Gasteiger partial charge on any atom is -0.462 e. The van der Waals surface area contributed by atoms with Crippen LogP contribution in [-0.2, 0) is 65.4 Å². The van der Waals surface area contributed by atoms with Gasteiger partial charge in [-0.25, -0.2) is 9.13 Å². The maximum absolute atomic E-state index is 13.0. The second kappa shape index (κ2) is 64.5. The number of phosphoric ester groups is 2. The van der Waals surface area contributed by atoms with Crippen LogP contribution in [0.1, 0.15) is 350 Å². The second-order valence-electron chi connectivity index (χ2n) is 26.6. The predicted octanol–water partition coefficient (Wildman–Crippen LogP) is 20.7. The van der Waals surface area contributed by atoms with Gasteiger partial charge in [0.25, 0.3) is 0 Å². The number of phosphoric acid groups is 2. The number of rotatable bonds is 70. The molecule has 3 N–H and O–H groups in total. The maximum atomic E-state index is 13.0. The quantitative estimate of drug-likeness (QED) is 0.0169. The molecule has 0 heterocycles. The maximum Gasteiger partial charge on any atom is 0.472 e. The van der Waals surface area contributed by atoms with Crippen molar-refractivity contribution >= 4 is 39.5 Å². The molecule has 542 valence electrons. The van der Waals surface area contributed by atoms with Crippen LogP contribution in [0, 0.1) is 11.8 Å². The third-order valence-corrected chi connectivity index (χ3v) is 18.2. The average molecular weight is 1350 g/mol. The van der Waals surface area contributed by atoms with Crippen molar-refractivity contribution in [3.05, 3.63) is 24.3 Å². The second-order valence-corrected chi connectivity index (χ2v) is 29.5. The number of carbonyl (C=O) groups is 4. The van der Waals surface area contributed by atoms with Crippen LogP contribution in [0.25, 0.3) is 0 Å². The molecule has 0 amide bonds. The third kappa shape index (κ3) is 66.2. The van der Waals surface area contributed by atoms with E-state index in [1.807, 2.05) is 0 Å². The summed E-state index contributed by atoms with van der Waals surface area (Å²) < 4.78 is 68.3. The Hall–Kier alpha value is -2.46. The highest BCUT2D eigenvalue weighted by Crippen LogP contribution is 2.45. The van der Waals surface area contributed by atoms with E-state index in [0.29, 0.717) is 31.6 Å². The van der Waals surface area contributed by atoms with Gasteiger partial charge in [-0.3, -0.25) is 37.3 Å².